The van der Waals surface area contributed by atoms with Gasteiger partial charge in [-0.05, 0) is 48.9 Å². The first-order chi connectivity index (χ1) is 11.5. The molecule has 0 saturated carbocycles. The van der Waals surface area contributed by atoms with E-state index in [2.05, 4.69) is 20.9 Å². The number of aryl methyl sites for hydroxylation is 1. The topological polar surface area (TPSA) is 60.4 Å². The number of benzene rings is 2. The van der Waals surface area contributed by atoms with Crippen molar-refractivity contribution in [2.24, 2.45) is 4.99 Å². The highest BCUT2D eigenvalue weighted by Gasteiger charge is 2.07. The second kappa shape index (κ2) is 6.80. The van der Waals surface area contributed by atoms with E-state index in [0.29, 0.717) is 5.69 Å². The first-order valence-electron chi connectivity index (χ1n) is 7.27. The third-order valence-corrected chi connectivity index (χ3v) is 4.09. The molecular formula is C18H14BrN3O2. The Morgan fingerprint density at radius 3 is 2.71 bits per heavy atom. The van der Waals surface area contributed by atoms with Crippen molar-refractivity contribution in [3.05, 3.63) is 86.6 Å². The molecule has 0 spiro atoms. The van der Waals surface area contributed by atoms with Crippen LogP contribution in [0.3, 0.4) is 0 Å². The molecule has 6 heteroatoms. The lowest BCUT2D eigenvalue weighted by molar-refractivity contribution is -0.384. The molecule has 3 aromatic rings. The highest BCUT2D eigenvalue weighted by molar-refractivity contribution is 9.10. The molecule has 24 heavy (non-hydrogen) atoms. The van der Waals surface area contributed by atoms with Crippen LogP contribution in [-0.2, 0) is 0 Å². The van der Waals surface area contributed by atoms with Gasteiger partial charge in [-0.15, -0.1) is 0 Å². The van der Waals surface area contributed by atoms with Crippen LogP contribution in [0, 0.1) is 17.0 Å². The lowest BCUT2D eigenvalue weighted by atomic mass is 10.2. The van der Waals surface area contributed by atoms with Crippen molar-refractivity contribution < 1.29 is 4.92 Å². The normalized spacial score (nSPS) is 11.1. The Bertz CT molecular complexity index is 932. The van der Waals surface area contributed by atoms with Gasteiger partial charge in [-0.1, -0.05) is 22.0 Å². The van der Waals surface area contributed by atoms with E-state index >= 15 is 0 Å². The van der Waals surface area contributed by atoms with Gasteiger partial charge < -0.3 is 4.57 Å². The molecule has 0 amide bonds. The molecule has 0 atom stereocenters. The van der Waals surface area contributed by atoms with Gasteiger partial charge in [0, 0.05) is 28.5 Å². The van der Waals surface area contributed by atoms with Crippen molar-refractivity contribution in [3.8, 4) is 5.69 Å². The molecule has 0 radical (unpaired) electrons. The van der Waals surface area contributed by atoms with Crippen LogP contribution in [0.4, 0.5) is 11.4 Å². The standard InChI is InChI=1S/C18H14BrN3O2/c1-13-10-16(22(23)24)7-8-18(13)20-12-17-6-3-9-21(17)15-5-2-4-14(19)11-15/h2-12H,1H3. The minimum Gasteiger partial charge on any atom is -0.316 e. The third-order valence-electron chi connectivity index (χ3n) is 3.59. The largest absolute Gasteiger partial charge is 0.316 e. The summed E-state index contributed by atoms with van der Waals surface area (Å²) in [6, 6.07) is 16.6. The number of nitrogens with zero attached hydrogens (tertiary/aromatic N) is 3. The summed E-state index contributed by atoms with van der Waals surface area (Å²) in [6.07, 6.45) is 3.72. The number of halogens is 1. The van der Waals surface area contributed by atoms with Crippen LogP contribution in [0.2, 0.25) is 0 Å². The summed E-state index contributed by atoms with van der Waals surface area (Å²) in [7, 11) is 0. The average Bonchev–Trinajstić information content (AvgIpc) is 3.02. The predicted octanol–water partition coefficient (Wildman–Crippen LogP) is 5.21. The minimum absolute atomic E-state index is 0.0731. The maximum Gasteiger partial charge on any atom is 0.269 e. The Kier molecular flexibility index (Phi) is 4.57. The van der Waals surface area contributed by atoms with Gasteiger partial charge in [0.1, 0.15) is 0 Å². The maximum atomic E-state index is 10.8. The van der Waals surface area contributed by atoms with Gasteiger partial charge in [0.2, 0.25) is 0 Å². The Morgan fingerprint density at radius 2 is 2.00 bits per heavy atom. The molecule has 0 saturated heterocycles. The van der Waals surface area contributed by atoms with Crippen molar-refractivity contribution in [3.63, 3.8) is 0 Å². The van der Waals surface area contributed by atoms with E-state index in [-0.39, 0.29) is 5.69 Å². The van der Waals surface area contributed by atoms with Crippen LogP contribution in [-0.4, -0.2) is 15.7 Å². The van der Waals surface area contributed by atoms with Crippen molar-refractivity contribution in [2.75, 3.05) is 0 Å². The summed E-state index contributed by atoms with van der Waals surface area (Å²) >= 11 is 3.47. The first-order valence-corrected chi connectivity index (χ1v) is 8.06. The predicted molar refractivity (Wildman–Crippen MR) is 98.6 cm³/mol. The number of nitro benzene ring substituents is 1. The molecule has 0 aliphatic carbocycles. The summed E-state index contributed by atoms with van der Waals surface area (Å²) < 4.78 is 3.03. The van der Waals surface area contributed by atoms with Crippen LogP contribution in [0.15, 0.2) is 70.3 Å². The van der Waals surface area contributed by atoms with Crippen LogP contribution in [0.25, 0.3) is 5.69 Å². The fraction of sp³-hybridized carbons (Fsp3) is 0.0556. The molecule has 0 fully saturated rings. The Balaban J connectivity index is 1.91. The van der Waals surface area contributed by atoms with Gasteiger partial charge in [-0.3, -0.25) is 15.1 Å². The van der Waals surface area contributed by atoms with Gasteiger partial charge in [0.25, 0.3) is 5.69 Å². The van der Waals surface area contributed by atoms with E-state index in [4.69, 9.17) is 0 Å². The zero-order valence-corrected chi connectivity index (χ0v) is 14.5. The molecule has 1 aromatic heterocycles. The highest BCUT2D eigenvalue weighted by Crippen LogP contribution is 2.24. The maximum absolute atomic E-state index is 10.8. The van der Waals surface area contributed by atoms with Crippen LogP contribution in [0.1, 0.15) is 11.3 Å². The number of aliphatic imine (C=N–C) groups is 1. The highest BCUT2D eigenvalue weighted by atomic mass is 79.9. The monoisotopic (exact) mass is 383 g/mol. The van der Waals surface area contributed by atoms with Gasteiger partial charge in [-0.2, -0.15) is 0 Å². The number of hydrogen-bond donors (Lipinski definition) is 0. The molecule has 2 aromatic carbocycles. The van der Waals surface area contributed by atoms with E-state index in [0.717, 1.165) is 21.4 Å². The third kappa shape index (κ3) is 3.44. The van der Waals surface area contributed by atoms with E-state index in [1.54, 1.807) is 12.3 Å². The lowest BCUT2D eigenvalue weighted by Gasteiger charge is -2.07. The molecule has 0 aliphatic rings. The zero-order valence-electron chi connectivity index (χ0n) is 12.9. The lowest BCUT2D eigenvalue weighted by Crippen LogP contribution is -1.97. The van der Waals surface area contributed by atoms with Crippen molar-refractivity contribution >= 4 is 33.5 Å². The summed E-state index contributed by atoms with van der Waals surface area (Å²) in [6.45, 7) is 1.81. The molecular weight excluding hydrogens is 370 g/mol. The molecule has 5 nitrogen and oxygen atoms in total. The summed E-state index contributed by atoms with van der Waals surface area (Å²) in [5.74, 6) is 0. The quantitative estimate of drug-likeness (QED) is 0.352. The van der Waals surface area contributed by atoms with E-state index in [1.165, 1.54) is 12.1 Å². The minimum atomic E-state index is -0.404. The van der Waals surface area contributed by atoms with E-state index < -0.39 is 4.92 Å². The number of non-ortho nitro benzene ring substituents is 1. The molecule has 1 heterocycles. The van der Waals surface area contributed by atoms with Gasteiger partial charge in [0.15, 0.2) is 0 Å². The Labute approximate surface area is 147 Å². The molecule has 0 bridgehead atoms. The molecule has 0 N–H and O–H groups in total. The van der Waals surface area contributed by atoms with Crippen molar-refractivity contribution in [1.29, 1.82) is 0 Å². The van der Waals surface area contributed by atoms with Gasteiger partial charge in [0.05, 0.1) is 22.5 Å². The smallest absolute Gasteiger partial charge is 0.269 e. The molecule has 0 aliphatic heterocycles. The molecule has 3 rings (SSSR count). The molecule has 120 valence electrons. The van der Waals surface area contributed by atoms with E-state index in [1.807, 2.05) is 54.1 Å². The van der Waals surface area contributed by atoms with Crippen LogP contribution >= 0.6 is 15.9 Å². The van der Waals surface area contributed by atoms with Crippen LogP contribution < -0.4 is 0 Å². The SMILES string of the molecule is Cc1cc([N+](=O)[O-])ccc1N=Cc1cccn1-c1cccc(Br)c1. The van der Waals surface area contributed by atoms with Crippen molar-refractivity contribution in [2.45, 2.75) is 6.92 Å². The van der Waals surface area contributed by atoms with Crippen molar-refractivity contribution in [1.82, 2.24) is 4.57 Å². The number of rotatable bonds is 4. The Hall–Kier alpha value is -2.73. The summed E-state index contributed by atoms with van der Waals surface area (Å²) in [4.78, 5) is 14.9. The summed E-state index contributed by atoms with van der Waals surface area (Å²) in [5.41, 5.74) is 3.50. The average molecular weight is 384 g/mol. The first kappa shape index (κ1) is 16.1. The molecule has 0 unspecified atom stereocenters. The van der Waals surface area contributed by atoms with Gasteiger partial charge in [-0.25, -0.2) is 0 Å². The fourth-order valence-electron chi connectivity index (χ4n) is 2.39. The zero-order chi connectivity index (χ0) is 17.1. The summed E-state index contributed by atoms with van der Waals surface area (Å²) in [5, 5.41) is 10.8. The van der Waals surface area contributed by atoms with Crippen LogP contribution in [0.5, 0.6) is 0 Å². The second-order valence-corrected chi connectivity index (χ2v) is 6.18. The Morgan fingerprint density at radius 1 is 1.17 bits per heavy atom. The number of aromatic nitrogens is 1. The van der Waals surface area contributed by atoms with Gasteiger partial charge >= 0.3 is 0 Å². The second-order valence-electron chi connectivity index (χ2n) is 5.27. The fourth-order valence-corrected chi connectivity index (χ4v) is 2.78. The van der Waals surface area contributed by atoms with E-state index in [9.17, 15) is 10.1 Å². The number of nitro groups is 1. The number of hydrogen-bond acceptors (Lipinski definition) is 3.